The highest BCUT2D eigenvalue weighted by atomic mass is 19.4. The summed E-state index contributed by atoms with van der Waals surface area (Å²) in [7, 11) is 0. The number of rotatable bonds is 2. The molecule has 1 fully saturated rings. The standard InChI is InChI=1S/C8H13F4N/c9-7(8(10,11)12)3-1-6(5-7)2-4-13/h6H,1-5,13H2. The number of hydrogen-bond acceptors (Lipinski definition) is 1. The second-order valence-electron chi connectivity index (χ2n) is 3.65. The maximum Gasteiger partial charge on any atom is 0.422 e. The molecular weight excluding hydrogens is 186 g/mol. The van der Waals surface area contributed by atoms with E-state index in [0.717, 1.165) is 0 Å². The Bertz CT molecular complexity index is 179. The van der Waals surface area contributed by atoms with Gasteiger partial charge in [0.25, 0.3) is 0 Å². The van der Waals surface area contributed by atoms with Crippen LogP contribution in [0.4, 0.5) is 17.6 Å². The van der Waals surface area contributed by atoms with E-state index in [2.05, 4.69) is 0 Å². The van der Waals surface area contributed by atoms with Gasteiger partial charge in [-0.1, -0.05) is 0 Å². The summed E-state index contributed by atoms with van der Waals surface area (Å²) in [5.74, 6) is -0.198. The van der Waals surface area contributed by atoms with Gasteiger partial charge in [0.15, 0.2) is 0 Å². The van der Waals surface area contributed by atoms with Gasteiger partial charge in [-0.3, -0.25) is 0 Å². The Morgan fingerprint density at radius 3 is 2.38 bits per heavy atom. The molecule has 0 saturated heterocycles. The van der Waals surface area contributed by atoms with Crippen LogP contribution in [0.15, 0.2) is 0 Å². The number of halogens is 4. The van der Waals surface area contributed by atoms with Crippen LogP contribution < -0.4 is 5.73 Å². The molecule has 0 amide bonds. The lowest BCUT2D eigenvalue weighted by molar-refractivity contribution is -0.228. The molecule has 1 rings (SSSR count). The molecule has 1 aliphatic carbocycles. The minimum atomic E-state index is -4.71. The van der Waals surface area contributed by atoms with Crippen LogP contribution in [-0.4, -0.2) is 18.4 Å². The zero-order valence-electron chi connectivity index (χ0n) is 7.20. The topological polar surface area (TPSA) is 26.0 Å². The van der Waals surface area contributed by atoms with Crippen LogP contribution in [0.2, 0.25) is 0 Å². The summed E-state index contributed by atoms with van der Waals surface area (Å²) in [6.07, 6.45) is -4.74. The second-order valence-corrected chi connectivity index (χ2v) is 3.65. The predicted octanol–water partition coefficient (Wildman–Crippen LogP) is 2.41. The minimum absolute atomic E-state index is 0.198. The fraction of sp³-hybridized carbons (Fsp3) is 1.00. The highest BCUT2D eigenvalue weighted by Crippen LogP contribution is 2.48. The van der Waals surface area contributed by atoms with Crippen molar-refractivity contribution in [1.29, 1.82) is 0 Å². The van der Waals surface area contributed by atoms with Crippen molar-refractivity contribution in [3.05, 3.63) is 0 Å². The summed E-state index contributed by atoms with van der Waals surface area (Å²) in [4.78, 5) is 0. The molecule has 2 unspecified atom stereocenters. The smallest absolute Gasteiger partial charge is 0.330 e. The molecule has 0 aromatic heterocycles. The lowest BCUT2D eigenvalue weighted by Crippen LogP contribution is -2.38. The quantitative estimate of drug-likeness (QED) is 0.679. The molecule has 13 heavy (non-hydrogen) atoms. The Morgan fingerprint density at radius 1 is 1.38 bits per heavy atom. The van der Waals surface area contributed by atoms with E-state index in [-0.39, 0.29) is 5.92 Å². The molecule has 0 aromatic rings. The van der Waals surface area contributed by atoms with E-state index >= 15 is 0 Å². The lowest BCUT2D eigenvalue weighted by atomic mass is 9.99. The average molecular weight is 199 g/mol. The van der Waals surface area contributed by atoms with Crippen molar-refractivity contribution in [2.45, 2.75) is 37.5 Å². The van der Waals surface area contributed by atoms with Gasteiger partial charge in [0.1, 0.15) is 0 Å². The van der Waals surface area contributed by atoms with Crippen LogP contribution in [0, 0.1) is 5.92 Å². The molecule has 1 nitrogen and oxygen atoms in total. The second kappa shape index (κ2) is 3.44. The Hall–Kier alpha value is -0.320. The number of alkyl halides is 4. The summed E-state index contributed by atoms with van der Waals surface area (Å²) in [5.41, 5.74) is 2.25. The summed E-state index contributed by atoms with van der Waals surface area (Å²) in [6, 6.07) is 0. The van der Waals surface area contributed by atoms with Gasteiger partial charge >= 0.3 is 6.18 Å². The first-order valence-electron chi connectivity index (χ1n) is 4.35. The van der Waals surface area contributed by atoms with E-state index in [1.807, 2.05) is 0 Å². The monoisotopic (exact) mass is 199 g/mol. The molecule has 2 N–H and O–H groups in total. The van der Waals surface area contributed by atoms with Crippen LogP contribution in [0.5, 0.6) is 0 Å². The molecule has 0 spiro atoms. The summed E-state index contributed by atoms with van der Waals surface area (Å²) in [5, 5.41) is 0. The van der Waals surface area contributed by atoms with Crippen LogP contribution >= 0.6 is 0 Å². The van der Waals surface area contributed by atoms with Crippen molar-refractivity contribution in [2.24, 2.45) is 11.7 Å². The van der Waals surface area contributed by atoms with Crippen molar-refractivity contribution < 1.29 is 17.6 Å². The Balaban J connectivity index is 2.56. The Morgan fingerprint density at radius 2 is 2.00 bits per heavy atom. The van der Waals surface area contributed by atoms with Crippen molar-refractivity contribution in [2.75, 3.05) is 6.54 Å². The van der Waals surface area contributed by atoms with Crippen LogP contribution in [-0.2, 0) is 0 Å². The molecule has 0 radical (unpaired) electrons. The zero-order valence-corrected chi connectivity index (χ0v) is 7.20. The van der Waals surface area contributed by atoms with Crippen molar-refractivity contribution in [3.8, 4) is 0 Å². The molecule has 78 valence electrons. The summed E-state index contributed by atoms with van der Waals surface area (Å²) >= 11 is 0. The van der Waals surface area contributed by atoms with E-state index < -0.39 is 24.7 Å². The molecule has 1 saturated carbocycles. The van der Waals surface area contributed by atoms with Gasteiger partial charge in [0.05, 0.1) is 0 Å². The van der Waals surface area contributed by atoms with E-state index in [0.29, 0.717) is 19.4 Å². The van der Waals surface area contributed by atoms with E-state index in [1.165, 1.54) is 0 Å². The molecule has 0 heterocycles. The molecule has 2 atom stereocenters. The summed E-state index contributed by atoms with van der Waals surface area (Å²) in [6.45, 7) is 0.332. The zero-order chi connectivity index (χ0) is 10.1. The van der Waals surface area contributed by atoms with Crippen LogP contribution in [0.1, 0.15) is 25.7 Å². The third kappa shape index (κ3) is 2.13. The largest absolute Gasteiger partial charge is 0.422 e. The Labute approximate surface area is 74.3 Å². The van der Waals surface area contributed by atoms with Gasteiger partial charge in [-0.15, -0.1) is 0 Å². The highest BCUT2D eigenvalue weighted by molar-refractivity contribution is 4.95. The lowest BCUT2D eigenvalue weighted by Gasteiger charge is -2.22. The first-order valence-corrected chi connectivity index (χ1v) is 4.35. The molecule has 1 aliphatic rings. The van der Waals surface area contributed by atoms with Gasteiger partial charge in [-0.05, 0) is 38.1 Å². The predicted molar refractivity (Wildman–Crippen MR) is 40.9 cm³/mol. The number of nitrogens with two attached hydrogens (primary N) is 1. The van der Waals surface area contributed by atoms with Gasteiger partial charge < -0.3 is 5.73 Å². The Kier molecular flexibility index (Phi) is 2.85. The summed E-state index contributed by atoms with van der Waals surface area (Å²) < 4.78 is 49.7. The van der Waals surface area contributed by atoms with E-state index in [9.17, 15) is 17.6 Å². The van der Waals surface area contributed by atoms with Gasteiger partial charge in [0, 0.05) is 0 Å². The third-order valence-corrected chi connectivity index (χ3v) is 2.64. The number of hydrogen-bond donors (Lipinski definition) is 1. The van der Waals surface area contributed by atoms with E-state index in [4.69, 9.17) is 5.73 Å². The maximum atomic E-state index is 13.2. The maximum absolute atomic E-state index is 13.2. The first kappa shape index (κ1) is 10.8. The highest BCUT2D eigenvalue weighted by Gasteiger charge is 2.58. The molecule has 0 aromatic carbocycles. The van der Waals surface area contributed by atoms with Crippen LogP contribution in [0.3, 0.4) is 0 Å². The minimum Gasteiger partial charge on any atom is -0.330 e. The van der Waals surface area contributed by atoms with Crippen molar-refractivity contribution in [1.82, 2.24) is 0 Å². The van der Waals surface area contributed by atoms with Gasteiger partial charge in [-0.25, -0.2) is 4.39 Å². The fourth-order valence-electron chi connectivity index (χ4n) is 1.83. The van der Waals surface area contributed by atoms with Gasteiger partial charge in [0.2, 0.25) is 5.67 Å². The van der Waals surface area contributed by atoms with Crippen molar-refractivity contribution in [3.63, 3.8) is 0 Å². The van der Waals surface area contributed by atoms with Crippen LogP contribution in [0.25, 0.3) is 0 Å². The first-order chi connectivity index (χ1) is 5.89. The third-order valence-electron chi connectivity index (χ3n) is 2.64. The molecular formula is C8H13F4N. The van der Waals surface area contributed by atoms with Crippen molar-refractivity contribution >= 4 is 0 Å². The average Bonchev–Trinajstić information content (AvgIpc) is 2.32. The molecule has 5 heteroatoms. The fourth-order valence-corrected chi connectivity index (χ4v) is 1.83. The normalized spacial score (nSPS) is 35.3. The molecule has 0 bridgehead atoms. The van der Waals surface area contributed by atoms with E-state index in [1.54, 1.807) is 0 Å². The molecule has 0 aliphatic heterocycles. The SMILES string of the molecule is NCCC1CCC(F)(C(F)(F)F)C1. The van der Waals surface area contributed by atoms with Gasteiger partial charge in [-0.2, -0.15) is 13.2 Å².